The third-order valence-corrected chi connectivity index (χ3v) is 3.89. The van der Waals surface area contributed by atoms with E-state index in [1.165, 1.54) is 32.2 Å². The van der Waals surface area contributed by atoms with Gasteiger partial charge in [-0.3, -0.25) is 0 Å². The second kappa shape index (κ2) is 8.32. The Labute approximate surface area is 106 Å². The summed E-state index contributed by atoms with van der Waals surface area (Å²) in [6, 6.07) is 0.810. The van der Waals surface area contributed by atoms with Crippen LogP contribution in [0.15, 0.2) is 0 Å². The first-order chi connectivity index (χ1) is 7.74. The van der Waals surface area contributed by atoms with Crippen LogP contribution in [0.3, 0.4) is 0 Å². The van der Waals surface area contributed by atoms with Gasteiger partial charge < -0.3 is 10.2 Å². The fraction of sp³-hybridized carbons (Fsp3) is 1.00. The molecule has 0 saturated carbocycles. The second-order valence-corrected chi connectivity index (χ2v) is 5.58. The molecule has 0 aliphatic carbocycles. The summed E-state index contributed by atoms with van der Waals surface area (Å²) in [6.45, 7) is 5.82. The van der Waals surface area contributed by atoms with E-state index in [2.05, 4.69) is 24.2 Å². The van der Waals surface area contributed by atoms with E-state index < -0.39 is 0 Å². The molecule has 0 aromatic carbocycles. The first kappa shape index (κ1) is 14.3. The molecule has 1 fully saturated rings. The number of hydrogen-bond donors (Lipinski definition) is 1. The Kier molecular flexibility index (Phi) is 7.42. The van der Waals surface area contributed by atoms with Crippen molar-refractivity contribution in [2.24, 2.45) is 5.92 Å². The number of piperidine rings is 1. The highest BCUT2D eigenvalue weighted by atomic mass is 35.5. The molecule has 0 amide bonds. The average Bonchev–Trinajstić information content (AvgIpc) is 2.27. The normalized spacial score (nSPS) is 24.6. The minimum atomic E-state index is 0.710. The van der Waals surface area contributed by atoms with Crippen LogP contribution in [0.5, 0.6) is 0 Å². The summed E-state index contributed by atoms with van der Waals surface area (Å²) in [5, 5.41) is 3.55. The van der Waals surface area contributed by atoms with Gasteiger partial charge in [-0.05, 0) is 58.3 Å². The summed E-state index contributed by atoms with van der Waals surface area (Å²) in [5.74, 6) is 1.50. The van der Waals surface area contributed by atoms with Crippen molar-refractivity contribution in [3.63, 3.8) is 0 Å². The Morgan fingerprint density at radius 1 is 1.44 bits per heavy atom. The fourth-order valence-electron chi connectivity index (χ4n) is 2.41. The SMILES string of the molecule is CC(CCCl)CNCCC1CCCCN1C. The highest BCUT2D eigenvalue weighted by molar-refractivity contribution is 6.17. The fourth-order valence-corrected chi connectivity index (χ4v) is 2.79. The summed E-state index contributed by atoms with van der Waals surface area (Å²) >= 11 is 5.72. The first-order valence-electron chi connectivity index (χ1n) is 6.71. The van der Waals surface area contributed by atoms with Crippen molar-refractivity contribution in [1.82, 2.24) is 10.2 Å². The highest BCUT2D eigenvalue weighted by Gasteiger charge is 2.17. The molecule has 0 aromatic rings. The lowest BCUT2D eigenvalue weighted by Crippen LogP contribution is -2.38. The maximum atomic E-state index is 5.72. The summed E-state index contributed by atoms with van der Waals surface area (Å²) in [4.78, 5) is 2.52. The van der Waals surface area contributed by atoms with Gasteiger partial charge in [0.25, 0.3) is 0 Å². The summed E-state index contributed by atoms with van der Waals surface area (Å²) in [6.07, 6.45) is 6.60. The molecule has 2 atom stereocenters. The minimum Gasteiger partial charge on any atom is -0.316 e. The van der Waals surface area contributed by atoms with E-state index in [-0.39, 0.29) is 0 Å². The molecule has 96 valence electrons. The van der Waals surface area contributed by atoms with Gasteiger partial charge in [0, 0.05) is 11.9 Å². The van der Waals surface area contributed by atoms with E-state index in [1.807, 2.05) is 0 Å². The van der Waals surface area contributed by atoms with Crippen LogP contribution in [-0.2, 0) is 0 Å². The van der Waals surface area contributed by atoms with Crippen molar-refractivity contribution in [2.45, 2.75) is 45.1 Å². The molecule has 2 unspecified atom stereocenters. The van der Waals surface area contributed by atoms with Gasteiger partial charge in [0.15, 0.2) is 0 Å². The Hall–Kier alpha value is 0.210. The third kappa shape index (κ3) is 5.51. The highest BCUT2D eigenvalue weighted by Crippen LogP contribution is 2.17. The van der Waals surface area contributed by atoms with Gasteiger partial charge in [0.05, 0.1) is 0 Å². The van der Waals surface area contributed by atoms with Crippen molar-refractivity contribution < 1.29 is 0 Å². The number of likely N-dealkylation sites (tertiary alicyclic amines) is 1. The Morgan fingerprint density at radius 2 is 2.25 bits per heavy atom. The number of hydrogen-bond acceptors (Lipinski definition) is 2. The molecule has 1 N–H and O–H groups in total. The van der Waals surface area contributed by atoms with E-state index in [1.54, 1.807) is 0 Å². The molecule has 0 spiro atoms. The lowest BCUT2D eigenvalue weighted by molar-refractivity contribution is 0.175. The average molecular weight is 247 g/mol. The van der Waals surface area contributed by atoms with Crippen LogP contribution in [0.25, 0.3) is 0 Å². The van der Waals surface area contributed by atoms with Crippen LogP contribution in [0.1, 0.15) is 39.0 Å². The summed E-state index contributed by atoms with van der Waals surface area (Å²) in [5.41, 5.74) is 0. The van der Waals surface area contributed by atoms with Crippen LogP contribution in [0.2, 0.25) is 0 Å². The van der Waals surface area contributed by atoms with Gasteiger partial charge in [-0.1, -0.05) is 13.3 Å². The number of alkyl halides is 1. The van der Waals surface area contributed by atoms with Crippen molar-refractivity contribution in [1.29, 1.82) is 0 Å². The molecule has 3 heteroatoms. The lowest BCUT2D eigenvalue weighted by atomic mass is 10.00. The van der Waals surface area contributed by atoms with Crippen molar-refractivity contribution in [2.75, 3.05) is 32.6 Å². The van der Waals surface area contributed by atoms with Gasteiger partial charge in [0.1, 0.15) is 0 Å². The molecular formula is C13H27ClN2. The largest absolute Gasteiger partial charge is 0.316 e. The molecule has 1 aliphatic heterocycles. The zero-order valence-electron chi connectivity index (χ0n) is 10.8. The number of nitrogens with one attached hydrogen (secondary N) is 1. The predicted octanol–water partition coefficient (Wildman–Crippen LogP) is 2.72. The van der Waals surface area contributed by atoms with E-state index in [9.17, 15) is 0 Å². The van der Waals surface area contributed by atoms with Crippen LogP contribution in [0, 0.1) is 5.92 Å². The topological polar surface area (TPSA) is 15.3 Å². The molecule has 1 aliphatic rings. The van der Waals surface area contributed by atoms with Gasteiger partial charge >= 0.3 is 0 Å². The molecule has 0 radical (unpaired) electrons. The molecular weight excluding hydrogens is 220 g/mol. The molecule has 2 nitrogen and oxygen atoms in total. The van der Waals surface area contributed by atoms with E-state index in [0.717, 1.165) is 31.4 Å². The lowest BCUT2D eigenvalue weighted by Gasteiger charge is -2.32. The Bertz CT molecular complexity index is 175. The molecule has 1 saturated heterocycles. The summed E-state index contributed by atoms with van der Waals surface area (Å²) in [7, 11) is 2.26. The third-order valence-electron chi connectivity index (χ3n) is 3.67. The van der Waals surface area contributed by atoms with Gasteiger partial charge in [-0.15, -0.1) is 11.6 Å². The minimum absolute atomic E-state index is 0.710. The number of rotatable bonds is 7. The van der Waals surface area contributed by atoms with E-state index in [0.29, 0.717) is 5.92 Å². The standard InChI is InChI=1S/C13H27ClN2/c1-12(6-8-14)11-15-9-7-13-5-3-4-10-16(13)2/h12-13,15H,3-11H2,1-2H3. The molecule has 0 aromatic heterocycles. The molecule has 0 bridgehead atoms. The van der Waals surface area contributed by atoms with Gasteiger partial charge in [0.2, 0.25) is 0 Å². The molecule has 16 heavy (non-hydrogen) atoms. The zero-order chi connectivity index (χ0) is 11.8. The first-order valence-corrected chi connectivity index (χ1v) is 7.24. The number of halogens is 1. The quantitative estimate of drug-likeness (QED) is 0.549. The van der Waals surface area contributed by atoms with Crippen molar-refractivity contribution >= 4 is 11.6 Å². The van der Waals surface area contributed by atoms with Crippen LogP contribution in [-0.4, -0.2) is 43.5 Å². The predicted molar refractivity (Wildman–Crippen MR) is 72.3 cm³/mol. The van der Waals surface area contributed by atoms with Crippen molar-refractivity contribution in [3.05, 3.63) is 0 Å². The van der Waals surface area contributed by atoms with E-state index in [4.69, 9.17) is 11.6 Å². The Balaban J connectivity index is 2.01. The van der Waals surface area contributed by atoms with E-state index >= 15 is 0 Å². The molecule has 1 rings (SSSR count). The van der Waals surface area contributed by atoms with Crippen LogP contribution in [0.4, 0.5) is 0 Å². The number of nitrogens with zero attached hydrogens (tertiary/aromatic N) is 1. The maximum absolute atomic E-state index is 5.72. The zero-order valence-corrected chi connectivity index (χ0v) is 11.6. The molecule has 1 heterocycles. The second-order valence-electron chi connectivity index (χ2n) is 5.21. The van der Waals surface area contributed by atoms with Crippen molar-refractivity contribution in [3.8, 4) is 0 Å². The monoisotopic (exact) mass is 246 g/mol. The maximum Gasteiger partial charge on any atom is 0.0226 e. The van der Waals surface area contributed by atoms with Gasteiger partial charge in [-0.25, -0.2) is 0 Å². The van der Waals surface area contributed by atoms with Crippen LogP contribution < -0.4 is 5.32 Å². The Morgan fingerprint density at radius 3 is 2.94 bits per heavy atom. The van der Waals surface area contributed by atoms with Gasteiger partial charge in [-0.2, -0.15) is 0 Å². The van der Waals surface area contributed by atoms with Crippen LogP contribution >= 0.6 is 11.6 Å². The smallest absolute Gasteiger partial charge is 0.0226 e. The summed E-state index contributed by atoms with van der Waals surface area (Å²) < 4.78 is 0.